The van der Waals surface area contributed by atoms with E-state index in [1.807, 2.05) is 39.7 Å². The second-order valence-corrected chi connectivity index (χ2v) is 18.9. The van der Waals surface area contributed by atoms with Crippen LogP contribution < -0.4 is 11.4 Å². The molecule has 276 valence electrons. The average molecular weight is 700 g/mol. The van der Waals surface area contributed by atoms with Gasteiger partial charge in [0, 0.05) is 24.7 Å². The third kappa shape index (κ3) is 4.15. The van der Waals surface area contributed by atoms with Gasteiger partial charge in [0.25, 0.3) is 0 Å². The van der Waals surface area contributed by atoms with E-state index in [2.05, 4.69) is 48.5 Å². The maximum atomic E-state index is 15.1. The number of nitrogens with zero attached hydrogens (tertiary/aromatic N) is 3. The number of aromatic nitrogens is 3. The summed E-state index contributed by atoms with van der Waals surface area (Å²) in [4.78, 5) is 54.7. The minimum atomic E-state index is -0.710. The normalized spacial score (nSPS) is 40.2. The maximum Gasteiger partial charge on any atom is 0.352 e. The van der Waals surface area contributed by atoms with Crippen molar-refractivity contribution in [1.29, 1.82) is 0 Å². The van der Waals surface area contributed by atoms with Crippen molar-refractivity contribution >= 4 is 11.9 Å². The van der Waals surface area contributed by atoms with Crippen LogP contribution in [0.1, 0.15) is 126 Å². The van der Waals surface area contributed by atoms with E-state index in [1.165, 1.54) is 29.6 Å². The molecule has 0 amide bonds. The van der Waals surface area contributed by atoms with Crippen LogP contribution >= 0.6 is 0 Å². The Balaban J connectivity index is 1.40. The fraction of sp³-hybridized carbons (Fsp3) is 0.714. The molecule has 0 N–H and O–H groups in total. The Labute approximate surface area is 301 Å². The van der Waals surface area contributed by atoms with Crippen LogP contribution in [0.4, 0.5) is 0 Å². The van der Waals surface area contributed by atoms with E-state index < -0.39 is 5.54 Å². The molecule has 2 unspecified atom stereocenters. The van der Waals surface area contributed by atoms with Crippen LogP contribution in [0.25, 0.3) is 5.69 Å². The van der Waals surface area contributed by atoms with Gasteiger partial charge in [-0.3, -0.25) is 9.59 Å². The highest BCUT2D eigenvalue weighted by Gasteiger charge is 2.73. The van der Waals surface area contributed by atoms with Gasteiger partial charge in [-0.1, -0.05) is 66.7 Å². The van der Waals surface area contributed by atoms with Gasteiger partial charge in [-0.25, -0.2) is 23.5 Å². The number of carbonyl (C=O) groups is 2. The molecule has 0 radical (unpaired) electrons. The summed E-state index contributed by atoms with van der Waals surface area (Å²) in [5, 5.41) is 0. The molecule has 51 heavy (non-hydrogen) atoms. The van der Waals surface area contributed by atoms with Gasteiger partial charge in [0.05, 0.1) is 17.3 Å². The molecule has 6 aliphatic rings. The van der Waals surface area contributed by atoms with E-state index in [1.54, 1.807) is 0 Å². The number of ether oxygens (including phenoxy) is 2. The predicted molar refractivity (Wildman–Crippen MR) is 194 cm³/mol. The first-order chi connectivity index (χ1) is 23.9. The van der Waals surface area contributed by atoms with Gasteiger partial charge in [-0.15, -0.1) is 0 Å². The zero-order chi connectivity index (χ0) is 36.7. The average Bonchev–Trinajstić information content (AvgIpc) is 3.55. The molecule has 9 atom stereocenters. The molecule has 2 aromatic rings. The van der Waals surface area contributed by atoms with Crippen molar-refractivity contribution in [3.8, 4) is 5.69 Å². The number of para-hydroxylation sites is 1. The molecule has 9 nitrogen and oxygen atoms in total. The van der Waals surface area contributed by atoms with Gasteiger partial charge in [0.15, 0.2) is 0 Å². The second kappa shape index (κ2) is 10.8. The van der Waals surface area contributed by atoms with Crippen LogP contribution in [-0.2, 0) is 24.6 Å². The lowest BCUT2D eigenvalue weighted by Crippen LogP contribution is -2.67. The Bertz CT molecular complexity index is 1970. The number of fused-ring (bicyclic) bond motifs is 7. The van der Waals surface area contributed by atoms with Gasteiger partial charge in [0.2, 0.25) is 0 Å². The first-order valence-corrected chi connectivity index (χ1v) is 19.5. The Morgan fingerprint density at radius 3 is 2.18 bits per heavy atom. The van der Waals surface area contributed by atoms with Crippen LogP contribution in [-0.4, -0.2) is 38.6 Å². The molecular weight excluding hydrogens is 642 g/mol. The molecule has 0 bridgehead atoms. The smallest absolute Gasteiger partial charge is 0.352 e. The minimum Gasteiger partial charge on any atom is -0.465 e. The first-order valence-electron chi connectivity index (χ1n) is 19.5. The third-order valence-electron chi connectivity index (χ3n) is 16.4. The third-order valence-corrected chi connectivity index (χ3v) is 16.4. The van der Waals surface area contributed by atoms with Crippen LogP contribution in [0.3, 0.4) is 0 Å². The zero-order valence-electron chi connectivity index (χ0n) is 32.1. The summed E-state index contributed by atoms with van der Waals surface area (Å²) in [7, 11) is 0. The predicted octanol–water partition coefficient (Wildman–Crippen LogP) is 7.34. The van der Waals surface area contributed by atoms with Crippen LogP contribution in [0.5, 0.6) is 0 Å². The fourth-order valence-electron chi connectivity index (χ4n) is 14.0. The van der Waals surface area contributed by atoms with Crippen molar-refractivity contribution in [2.24, 2.45) is 44.8 Å². The fourth-order valence-corrected chi connectivity index (χ4v) is 14.0. The van der Waals surface area contributed by atoms with Crippen LogP contribution in [0.15, 0.2) is 51.1 Å². The maximum absolute atomic E-state index is 15.1. The van der Waals surface area contributed by atoms with Gasteiger partial charge in [0.1, 0.15) is 12.7 Å². The molecule has 5 aliphatic carbocycles. The van der Waals surface area contributed by atoms with Crippen molar-refractivity contribution in [2.75, 3.05) is 6.61 Å². The highest BCUT2D eigenvalue weighted by atomic mass is 16.5. The van der Waals surface area contributed by atoms with Gasteiger partial charge in [-0.05, 0) is 115 Å². The molecule has 0 spiro atoms. The molecule has 1 aliphatic heterocycles. The molecule has 4 fully saturated rings. The molecule has 8 rings (SSSR count). The lowest BCUT2D eigenvalue weighted by atomic mass is 9.33. The summed E-state index contributed by atoms with van der Waals surface area (Å²) >= 11 is 0. The summed E-state index contributed by atoms with van der Waals surface area (Å²) in [6, 6.07) is 9.07. The summed E-state index contributed by atoms with van der Waals surface area (Å²) < 4.78 is 17.2. The van der Waals surface area contributed by atoms with Crippen molar-refractivity contribution in [1.82, 2.24) is 13.9 Å². The quantitative estimate of drug-likeness (QED) is 0.239. The number of allylic oxidation sites excluding steroid dienone is 1. The lowest BCUT2D eigenvalue weighted by Gasteiger charge is -2.72. The number of esters is 2. The standard InChI is InChI=1S/C42H57N3O6/c1-25(2)42-22-21-41(24-50-26(3)46)20-19-40(9)33(34(41)42)29(44-35(48)43(36(49)45(42)44)28-13-11-10-12-14-28)23-31-38(7)17-16-32(51-27(4)47)37(5,6)30(38)15-18-39(31,40)8/h10-14,25,29-32H,15-24H2,1-9H3/t29?,30-,31+,32?,38-,39+,40+,41-,42-/m0/s1. The minimum absolute atomic E-state index is 0.0219. The molecule has 9 heteroatoms. The van der Waals surface area contributed by atoms with E-state index in [0.717, 1.165) is 57.8 Å². The van der Waals surface area contributed by atoms with E-state index >= 15 is 9.59 Å². The monoisotopic (exact) mass is 699 g/mol. The Morgan fingerprint density at radius 2 is 1.53 bits per heavy atom. The second-order valence-electron chi connectivity index (χ2n) is 18.9. The summed E-state index contributed by atoms with van der Waals surface area (Å²) in [6.07, 6.45) is 7.88. The van der Waals surface area contributed by atoms with E-state index in [9.17, 15) is 9.59 Å². The molecule has 2 heterocycles. The van der Waals surface area contributed by atoms with E-state index in [0.29, 0.717) is 18.2 Å². The Morgan fingerprint density at radius 1 is 0.843 bits per heavy atom. The summed E-state index contributed by atoms with van der Waals surface area (Å²) in [6.45, 7) is 19.8. The van der Waals surface area contributed by atoms with E-state index in [4.69, 9.17) is 9.47 Å². The highest BCUT2D eigenvalue weighted by Crippen LogP contribution is 2.79. The first kappa shape index (κ1) is 34.7. The summed E-state index contributed by atoms with van der Waals surface area (Å²) in [5.74, 6) is 0.129. The van der Waals surface area contributed by atoms with Gasteiger partial charge >= 0.3 is 23.3 Å². The highest BCUT2D eigenvalue weighted by molar-refractivity contribution is 5.66. The number of hydrogen-bond acceptors (Lipinski definition) is 6. The number of rotatable bonds is 5. The van der Waals surface area contributed by atoms with Crippen molar-refractivity contribution in [2.45, 2.75) is 138 Å². The van der Waals surface area contributed by atoms with Gasteiger partial charge < -0.3 is 9.47 Å². The Kier molecular flexibility index (Phi) is 7.38. The number of hydrogen-bond donors (Lipinski definition) is 0. The van der Waals surface area contributed by atoms with Crippen LogP contribution in [0, 0.1) is 44.8 Å². The van der Waals surface area contributed by atoms with Crippen molar-refractivity contribution in [3.05, 3.63) is 62.4 Å². The van der Waals surface area contributed by atoms with E-state index in [-0.39, 0.29) is 74.4 Å². The van der Waals surface area contributed by atoms with Crippen molar-refractivity contribution < 1.29 is 19.1 Å². The molecule has 1 aromatic carbocycles. The topological polar surface area (TPSA) is 102 Å². The SMILES string of the molecule is CC(=O)OC[C@]12CC[C@]3(C(C)C)C1=C1C(C[C@@H]4[C@@]5(C)CCC(OC(C)=O)C(C)(C)[C@@H]5CC[C@@]4(C)[C@]1(C)CC2)n1c(=O)n(-c2ccccc2)c(=O)n13. The number of benzene rings is 1. The van der Waals surface area contributed by atoms with Gasteiger partial charge in [-0.2, -0.15) is 0 Å². The Hall–Kier alpha value is -3.36. The molecule has 4 saturated carbocycles. The zero-order valence-corrected chi connectivity index (χ0v) is 32.1. The van der Waals surface area contributed by atoms with Crippen molar-refractivity contribution in [3.63, 3.8) is 0 Å². The lowest BCUT2D eigenvalue weighted by molar-refractivity contribution is -0.218. The van der Waals surface area contributed by atoms with Crippen LogP contribution in [0.2, 0.25) is 0 Å². The largest absolute Gasteiger partial charge is 0.465 e. The molecular formula is C42H57N3O6. The molecule has 0 saturated heterocycles. The molecule has 1 aromatic heterocycles. The summed E-state index contributed by atoms with van der Waals surface area (Å²) in [5.41, 5.74) is 1.03. The number of carbonyl (C=O) groups excluding carboxylic acids is 2.